The van der Waals surface area contributed by atoms with E-state index in [2.05, 4.69) is 11.8 Å². The lowest BCUT2D eigenvalue weighted by Crippen LogP contribution is -2.24. The number of rotatable bonds is 2. The average molecular weight is 272 g/mol. The third-order valence-electron chi connectivity index (χ3n) is 4.40. The van der Waals surface area contributed by atoms with E-state index >= 15 is 0 Å². The monoisotopic (exact) mass is 272 g/mol. The Labute approximate surface area is 116 Å². The van der Waals surface area contributed by atoms with E-state index in [0.29, 0.717) is 5.78 Å². The predicted octanol–water partition coefficient (Wildman–Crippen LogP) is 4.29. The topological polar surface area (TPSA) is 30.2 Å². The van der Waals surface area contributed by atoms with Crippen molar-refractivity contribution >= 4 is 28.5 Å². The van der Waals surface area contributed by atoms with Gasteiger partial charge in [0.15, 0.2) is 5.78 Å². The van der Waals surface area contributed by atoms with Gasteiger partial charge in [0.2, 0.25) is 0 Å². The van der Waals surface area contributed by atoms with Crippen molar-refractivity contribution in [3.63, 3.8) is 0 Å². The number of benzene rings is 1. The van der Waals surface area contributed by atoms with Crippen LogP contribution in [0.15, 0.2) is 34.9 Å². The molecule has 0 saturated carbocycles. The first kappa shape index (κ1) is 11.6. The third kappa shape index (κ3) is 2.00. The Morgan fingerprint density at radius 3 is 2.74 bits per heavy atom. The molecule has 3 heterocycles. The van der Waals surface area contributed by atoms with Crippen molar-refractivity contribution in [2.75, 3.05) is 0 Å². The summed E-state index contributed by atoms with van der Waals surface area (Å²) < 4.78 is 5.33. The zero-order chi connectivity index (χ0) is 12.8. The normalized spacial score (nSPS) is 29.8. The molecule has 2 aliphatic heterocycles. The van der Waals surface area contributed by atoms with Gasteiger partial charge in [-0.2, -0.15) is 11.8 Å². The molecule has 2 aromatic rings. The van der Waals surface area contributed by atoms with E-state index in [1.54, 1.807) is 6.26 Å². The summed E-state index contributed by atoms with van der Waals surface area (Å²) in [6.45, 7) is 0. The highest BCUT2D eigenvalue weighted by Crippen LogP contribution is 2.46. The molecule has 0 N–H and O–H groups in total. The van der Waals surface area contributed by atoms with Crippen molar-refractivity contribution in [1.82, 2.24) is 0 Å². The van der Waals surface area contributed by atoms with Gasteiger partial charge < -0.3 is 4.42 Å². The highest BCUT2D eigenvalue weighted by molar-refractivity contribution is 8.00. The van der Waals surface area contributed by atoms with Crippen LogP contribution in [-0.4, -0.2) is 16.3 Å². The van der Waals surface area contributed by atoms with E-state index in [9.17, 15) is 4.79 Å². The molecule has 0 aliphatic carbocycles. The Hall–Kier alpha value is -1.22. The van der Waals surface area contributed by atoms with Gasteiger partial charge in [-0.15, -0.1) is 0 Å². The zero-order valence-electron chi connectivity index (χ0n) is 10.7. The second kappa shape index (κ2) is 4.41. The SMILES string of the molecule is O=C(c1ccc2occc2c1)C1CC2CCC(C1)S2. The second-order valence-electron chi connectivity index (χ2n) is 5.66. The van der Waals surface area contributed by atoms with Crippen molar-refractivity contribution in [3.05, 3.63) is 36.1 Å². The number of hydrogen-bond acceptors (Lipinski definition) is 3. The smallest absolute Gasteiger partial charge is 0.166 e. The summed E-state index contributed by atoms with van der Waals surface area (Å²) in [6, 6.07) is 7.73. The van der Waals surface area contributed by atoms with Crippen LogP contribution in [-0.2, 0) is 0 Å². The largest absolute Gasteiger partial charge is 0.464 e. The molecule has 2 fully saturated rings. The van der Waals surface area contributed by atoms with Gasteiger partial charge in [0, 0.05) is 27.4 Å². The number of ketones is 1. The minimum atomic E-state index is 0.239. The van der Waals surface area contributed by atoms with Gasteiger partial charge in [0.05, 0.1) is 6.26 Å². The van der Waals surface area contributed by atoms with Crippen molar-refractivity contribution in [2.24, 2.45) is 5.92 Å². The van der Waals surface area contributed by atoms with Gasteiger partial charge in [0.1, 0.15) is 5.58 Å². The van der Waals surface area contributed by atoms with Crippen molar-refractivity contribution < 1.29 is 9.21 Å². The lowest BCUT2D eigenvalue weighted by molar-refractivity contribution is 0.0907. The molecule has 0 amide bonds. The molecule has 1 aromatic heterocycles. The van der Waals surface area contributed by atoms with Crippen molar-refractivity contribution in [3.8, 4) is 0 Å². The molecule has 2 atom stereocenters. The van der Waals surface area contributed by atoms with Crippen molar-refractivity contribution in [2.45, 2.75) is 36.2 Å². The standard InChI is InChI=1S/C16H16O2S/c17-16(12-8-13-2-3-14(9-12)19-13)11-1-4-15-10(7-11)5-6-18-15/h1,4-7,12-14H,2-3,8-9H2. The summed E-state index contributed by atoms with van der Waals surface area (Å²) in [6.07, 6.45) is 6.43. The molecule has 98 valence electrons. The number of furan rings is 1. The molecule has 2 unspecified atom stereocenters. The fraction of sp³-hybridized carbons (Fsp3) is 0.438. The van der Waals surface area contributed by atoms with Crippen LogP contribution in [0.2, 0.25) is 0 Å². The van der Waals surface area contributed by atoms with E-state index in [1.807, 2.05) is 24.3 Å². The maximum Gasteiger partial charge on any atom is 0.166 e. The highest BCUT2D eigenvalue weighted by atomic mass is 32.2. The number of carbonyl (C=O) groups is 1. The van der Waals surface area contributed by atoms with Crippen LogP contribution in [0.25, 0.3) is 11.0 Å². The molecular weight excluding hydrogens is 256 g/mol. The van der Waals surface area contributed by atoms with E-state index in [4.69, 9.17) is 4.42 Å². The molecular formula is C16H16O2S. The number of fused-ring (bicyclic) bond motifs is 3. The van der Waals surface area contributed by atoms with Gasteiger partial charge in [0.25, 0.3) is 0 Å². The molecule has 3 heteroatoms. The number of hydrogen-bond donors (Lipinski definition) is 0. The first-order chi connectivity index (χ1) is 9.29. The minimum absolute atomic E-state index is 0.239. The number of carbonyl (C=O) groups excluding carboxylic acids is 1. The number of Topliss-reactive ketones (excluding diaryl/α,β-unsaturated/α-hetero) is 1. The molecule has 4 rings (SSSR count). The predicted molar refractivity (Wildman–Crippen MR) is 77.7 cm³/mol. The maximum atomic E-state index is 12.6. The third-order valence-corrected chi connectivity index (χ3v) is 6.02. The first-order valence-electron chi connectivity index (χ1n) is 6.96. The summed E-state index contributed by atoms with van der Waals surface area (Å²) in [5.41, 5.74) is 1.71. The number of thioether (sulfide) groups is 1. The molecule has 1 aromatic carbocycles. The van der Waals surface area contributed by atoms with E-state index in [0.717, 1.165) is 39.9 Å². The Bertz CT molecular complexity index is 618. The lowest BCUT2D eigenvalue weighted by atomic mass is 9.90. The average Bonchev–Trinajstić information content (AvgIpc) is 3.03. The van der Waals surface area contributed by atoms with Crippen LogP contribution in [0.5, 0.6) is 0 Å². The maximum absolute atomic E-state index is 12.6. The Kier molecular flexibility index (Phi) is 2.69. The fourth-order valence-corrected chi connectivity index (χ4v) is 5.20. The van der Waals surface area contributed by atoms with E-state index in [-0.39, 0.29) is 5.92 Å². The minimum Gasteiger partial charge on any atom is -0.464 e. The highest BCUT2D eigenvalue weighted by Gasteiger charge is 2.37. The molecule has 19 heavy (non-hydrogen) atoms. The second-order valence-corrected chi connectivity index (χ2v) is 7.27. The zero-order valence-corrected chi connectivity index (χ0v) is 11.5. The molecule has 2 bridgehead atoms. The van der Waals surface area contributed by atoms with Gasteiger partial charge in [-0.3, -0.25) is 4.79 Å². The van der Waals surface area contributed by atoms with Crippen molar-refractivity contribution in [1.29, 1.82) is 0 Å². The summed E-state index contributed by atoms with van der Waals surface area (Å²) in [5, 5.41) is 2.48. The first-order valence-corrected chi connectivity index (χ1v) is 7.91. The summed E-state index contributed by atoms with van der Waals surface area (Å²) in [7, 11) is 0. The molecule has 2 saturated heterocycles. The van der Waals surface area contributed by atoms with Crippen LogP contribution in [0.1, 0.15) is 36.0 Å². The Morgan fingerprint density at radius 1 is 1.16 bits per heavy atom. The van der Waals surface area contributed by atoms with E-state index < -0.39 is 0 Å². The van der Waals surface area contributed by atoms with Crippen LogP contribution in [0.3, 0.4) is 0 Å². The van der Waals surface area contributed by atoms with Crippen LogP contribution in [0, 0.1) is 5.92 Å². The van der Waals surface area contributed by atoms with E-state index in [1.165, 1.54) is 12.8 Å². The van der Waals surface area contributed by atoms with Gasteiger partial charge in [-0.25, -0.2) is 0 Å². The summed E-state index contributed by atoms with van der Waals surface area (Å²) >= 11 is 2.11. The molecule has 2 aliphatic rings. The molecule has 0 spiro atoms. The van der Waals surface area contributed by atoms with Gasteiger partial charge in [-0.05, 0) is 49.9 Å². The molecule has 2 nitrogen and oxygen atoms in total. The van der Waals surface area contributed by atoms with Gasteiger partial charge >= 0.3 is 0 Å². The molecule has 0 radical (unpaired) electrons. The van der Waals surface area contributed by atoms with Crippen LogP contribution >= 0.6 is 11.8 Å². The summed E-state index contributed by atoms with van der Waals surface area (Å²) in [4.78, 5) is 12.6. The summed E-state index contributed by atoms with van der Waals surface area (Å²) in [5.74, 6) is 0.573. The lowest BCUT2D eigenvalue weighted by Gasteiger charge is -2.26. The van der Waals surface area contributed by atoms with Crippen LogP contribution < -0.4 is 0 Å². The van der Waals surface area contributed by atoms with Crippen LogP contribution in [0.4, 0.5) is 0 Å². The quantitative estimate of drug-likeness (QED) is 0.764. The Balaban J connectivity index is 1.62. The Morgan fingerprint density at radius 2 is 1.95 bits per heavy atom. The fourth-order valence-electron chi connectivity index (χ4n) is 3.43. The van der Waals surface area contributed by atoms with Gasteiger partial charge in [-0.1, -0.05) is 0 Å².